The van der Waals surface area contributed by atoms with Gasteiger partial charge >= 0.3 is 0 Å². The van der Waals surface area contributed by atoms with Crippen LogP contribution in [0.1, 0.15) is 27.2 Å². The molecule has 0 spiro atoms. The van der Waals surface area contributed by atoms with Crippen LogP contribution in [0.25, 0.3) is 0 Å². The summed E-state index contributed by atoms with van der Waals surface area (Å²) >= 11 is 0. The molecule has 0 radical (unpaired) electrons. The van der Waals surface area contributed by atoms with E-state index in [1.165, 1.54) is 0 Å². The van der Waals surface area contributed by atoms with Gasteiger partial charge in [0.2, 0.25) is 5.96 Å². The lowest BCUT2D eigenvalue weighted by Gasteiger charge is -2.09. The van der Waals surface area contributed by atoms with E-state index < -0.39 is 6.10 Å². The zero-order valence-electron chi connectivity index (χ0n) is 11.2. The molecule has 18 heavy (non-hydrogen) atoms. The van der Waals surface area contributed by atoms with Crippen LogP contribution in [0.2, 0.25) is 0 Å². The van der Waals surface area contributed by atoms with E-state index in [1.807, 2.05) is 20.8 Å². The summed E-state index contributed by atoms with van der Waals surface area (Å²) in [5.74, 6) is 0.0833. The Morgan fingerprint density at radius 1 is 1.50 bits per heavy atom. The molecule has 0 amide bonds. The molecule has 1 unspecified atom stereocenters. The molecule has 100 valence electrons. The molecular formula is C13H22N4O. The van der Waals surface area contributed by atoms with Crippen molar-refractivity contribution in [3.63, 3.8) is 0 Å². The second-order valence-corrected chi connectivity index (χ2v) is 3.75. The third-order valence-electron chi connectivity index (χ3n) is 2.34. The van der Waals surface area contributed by atoms with Crippen molar-refractivity contribution >= 4 is 12.3 Å². The number of aliphatic hydroxyl groups is 1. The van der Waals surface area contributed by atoms with Crippen molar-refractivity contribution < 1.29 is 5.11 Å². The minimum Gasteiger partial charge on any atom is -0.390 e. The highest BCUT2D eigenvalue weighted by Crippen LogP contribution is 2.15. The lowest BCUT2D eigenvalue weighted by atomic mass is 10.1. The molecule has 0 rings (SSSR count). The van der Waals surface area contributed by atoms with E-state index in [4.69, 9.17) is 11.5 Å². The van der Waals surface area contributed by atoms with Crippen molar-refractivity contribution in [3.8, 4) is 0 Å². The molecule has 0 aromatic rings. The van der Waals surface area contributed by atoms with Crippen LogP contribution in [-0.2, 0) is 0 Å². The SMILES string of the molecule is C=C(\C=C(C)/C(=C\C)/N=C(N)\N=C/N)C(O)CC. The third kappa shape index (κ3) is 5.45. The molecule has 0 aliphatic rings. The molecule has 5 nitrogen and oxygen atoms in total. The van der Waals surface area contributed by atoms with Crippen LogP contribution < -0.4 is 11.5 Å². The molecule has 0 aliphatic heterocycles. The highest BCUT2D eigenvalue weighted by atomic mass is 16.3. The summed E-state index contributed by atoms with van der Waals surface area (Å²) in [6.07, 6.45) is 4.76. The second-order valence-electron chi connectivity index (χ2n) is 3.75. The van der Waals surface area contributed by atoms with E-state index in [1.54, 1.807) is 12.2 Å². The van der Waals surface area contributed by atoms with Gasteiger partial charge in [-0.3, -0.25) is 0 Å². The standard InChI is InChI=1S/C13H22N4O/c1-5-11(17-13(15)16-8-14)9(3)7-10(4)12(18)6-2/h5,7-8,12,18H,4,6H2,1-3H3,(H4,14,15,16,17)/b9-7-,11-5+. The van der Waals surface area contributed by atoms with Gasteiger partial charge in [-0.25, -0.2) is 9.98 Å². The third-order valence-corrected chi connectivity index (χ3v) is 2.34. The lowest BCUT2D eigenvalue weighted by molar-refractivity contribution is 0.211. The minimum atomic E-state index is -0.540. The summed E-state index contributed by atoms with van der Waals surface area (Å²) in [7, 11) is 0. The average molecular weight is 250 g/mol. The molecular weight excluding hydrogens is 228 g/mol. The van der Waals surface area contributed by atoms with Crippen molar-refractivity contribution in [3.05, 3.63) is 35.6 Å². The van der Waals surface area contributed by atoms with E-state index in [9.17, 15) is 5.11 Å². The quantitative estimate of drug-likeness (QED) is 0.391. The van der Waals surface area contributed by atoms with Crippen molar-refractivity contribution in [1.82, 2.24) is 0 Å². The van der Waals surface area contributed by atoms with E-state index in [0.717, 1.165) is 11.9 Å². The predicted molar refractivity (Wildman–Crippen MR) is 77.3 cm³/mol. The van der Waals surface area contributed by atoms with Crippen LogP contribution in [0, 0.1) is 0 Å². The highest BCUT2D eigenvalue weighted by Gasteiger charge is 2.05. The molecule has 0 saturated heterocycles. The van der Waals surface area contributed by atoms with Crippen molar-refractivity contribution in [2.24, 2.45) is 21.5 Å². The van der Waals surface area contributed by atoms with Crippen LogP contribution in [0.3, 0.4) is 0 Å². The Morgan fingerprint density at radius 2 is 2.11 bits per heavy atom. The maximum atomic E-state index is 9.63. The number of rotatable bonds is 5. The molecule has 0 saturated carbocycles. The summed E-state index contributed by atoms with van der Waals surface area (Å²) in [6.45, 7) is 9.41. The second kappa shape index (κ2) is 8.25. The van der Waals surface area contributed by atoms with Gasteiger partial charge in [0, 0.05) is 0 Å². The normalized spacial score (nSPS) is 16.1. The molecule has 5 heteroatoms. The summed E-state index contributed by atoms with van der Waals surface area (Å²) in [5, 5.41) is 9.63. The first-order valence-corrected chi connectivity index (χ1v) is 5.76. The van der Waals surface area contributed by atoms with Gasteiger partial charge in [-0.15, -0.1) is 0 Å². The summed E-state index contributed by atoms with van der Waals surface area (Å²) in [5.41, 5.74) is 12.8. The van der Waals surface area contributed by atoms with Crippen LogP contribution in [0.5, 0.6) is 0 Å². The molecule has 5 N–H and O–H groups in total. The molecule has 0 heterocycles. The van der Waals surface area contributed by atoms with E-state index in [-0.39, 0.29) is 5.96 Å². The number of allylic oxidation sites excluding steroid dienone is 2. The van der Waals surface area contributed by atoms with Crippen LogP contribution in [0.4, 0.5) is 0 Å². The van der Waals surface area contributed by atoms with Gasteiger partial charge in [0.25, 0.3) is 0 Å². The largest absolute Gasteiger partial charge is 0.390 e. The number of hydrogen-bond acceptors (Lipinski definition) is 2. The van der Waals surface area contributed by atoms with Crippen molar-refractivity contribution in [2.45, 2.75) is 33.3 Å². The maximum Gasteiger partial charge on any atom is 0.221 e. The van der Waals surface area contributed by atoms with Gasteiger partial charge in [0.15, 0.2) is 0 Å². The predicted octanol–water partition coefficient (Wildman–Crippen LogP) is 1.47. The van der Waals surface area contributed by atoms with E-state index in [0.29, 0.717) is 17.7 Å². The first-order chi connectivity index (χ1) is 8.46. The summed E-state index contributed by atoms with van der Waals surface area (Å²) in [4.78, 5) is 7.78. The fraction of sp³-hybridized carbons (Fsp3) is 0.385. The van der Waals surface area contributed by atoms with Crippen molar-refractivity contribution in [1.29, 1.82) is 0 Å². The molecule has 0 aromatic heterocycles. The van der Waals surface area contributed by atoms with Gasteiger partial charge in [-0.05, 0) is 31.4 Å². The van der Waals surface area contributed by atoms with Gasteiger partial charge in [0.1, 0.15) is 0 Å². The number of nitrogens with two attached hydrogens (primary N) is 2. The van der Waals surface area contributed by atoms with Crippen molar-refractivity contribution in [2.75, 3.05) is 0 Å². The molecule has 1 atom stereocenters. The van der Waals surface area contributed by atoms with Crippen LogP contribution in [0.15, 0.2) is 45.6 Å². The number of guanidine groups is 1. The fourth-order valence-electron chi connectivity index (χ4n) is 1.32. The van der Waals surface area contributed by atoms with Crippen LogP contribution in [-0.4, -0.2) is 23.5 Å². The average Bonchev–Trinajstić information content (AvgIpc) is 2.34. The maximum absolute atomic E-state index is 9.63. The topological polar surface area (TPSA) is 97.0 Å². The Labute approximate surface area is 108 Å². The molecule has 0 bridgehead atoms. The molecule has 0 aromatic carbocycles. The first-order valence-electron chi connectivity index (χ1n) is 5.76. The Hall–Kier alpha value is -1.88. The fourth-order valence-corrected chi connectivity index (χ4v) is 1.32. The van der Waals surface area contributed by atoms with Gasteiger partial charge < -0.3 is 16.6 Å². The smallest absolute Gasteiger partial charge is 0.221 e. The number of hydrogen-bond donors (Lipinski definition) is 3. The number of aliphatic imine (C=N–C) groups is 2. The van der Waals surface area contributed by atoms with E-state index >= 15 is 0 Å². The Balaban J connectivity index is 5.05. The van der Waals surface area contributed by atoms with Gasteiger partial charge in [0.05, 0.1) is 18.1 Å². The zero-order chi connectivity index (χ0) is 14.1. The molecule has 0 aliphatic carbocycles. The Kier molecular flexibility index (Phi) is 7.38. The number of nitrogens with zero attached hydrogens (tertiary/aromatic N) is 2. The zero-order valence-corrected chi connectivity index (χ0v) is 11.2. The Bertz CT molecular complexity index is 405. The van der Waals surface area contributed by atoms with Gasteiger partial charge in [-0.1, -0.05) is 25.7 Å². The Morgan fingerprint density at radius 3 is 2.56 bits per heavy atom. The summed E-state index contributed by atoms with van der Waals surface area (Å²) in [6, 6.07) is 0. The number of aliphatic hydroxyl groups excluding tert-OH is 1. The monoisotopic (exact) mass is 250 g/mol. The minimum absolute atomic E-state index is 0.0833. The highest BCUT2D eigenvalue weighted by molar-refractivity contribution is 5.86. The summed E-state index contributed by atoms with van der Waals surface area (Å²) < 4.78 is 0. The first kappa shape index (κ1) is 16.1. The molecule has 0 fully saturated rings. The van der Waals surface area contributed by atoms with E-state index in [2.05, 4.69) is 16.6 Å². The lowest BCUT2D eigenvalue weighted by Crippen LogP contribution is -2.11. The van der Waals surface area contributed by atoms with Crippen LogP contribution >= 0.6 is 0 Å². The van der Waals surface area contributed by atoms with Gasteiger partial charge in [-0.2, -0.15) is 0 Å².